The molecule has 1 aromatic heterocycles. The van der Waals surface area contributed by atoms with E-state index in [-0.39, 0.29) is 23.6 Å². The van der Waals surface area contributed by atoms with Gasteiger partial charge >= 0.3 is 0 Å². The van der Waals surface area contributed by atoms with E-state index in [1.807, 2.05) is 25.1 Å². The molecule has 32 heavy (non-hydrogen) atoms. The lowest BCUT2D eigenvalue weighted by Crippen LogP contribution is -2.35. The Morgan fingerprint density at radius 2 is 1.88 bits per heavy atom. The van der Waals surface area contributed by atoms with Gasteiger partial charge in [0.25, 0.3) is 11.5 Å². The fraction of sp³-hybridized carbons (Fsp3) is 0.400. The monoisotopic (exact) mass is 432 g/mol. The average Bonchev–Trinajstić information content (AvgIpc) is 3.60. The Morgan fingerprint density at radius 1 is 1.09 bits per heavy atom. The molecule has 2 fully saturated rings. The molecule has 7 nitrogen and oxygen atoms in total. The minimum Gasteiger partial charge on any atom is -0.490 e. The molecule has 0 radical (unpaired) electrons. The molecule has 1 amide bonds. The Bertz CT molecular complexity index is 1220. The fourth-order valence-electron chi connectivity index (χ4n) is 4.15. The molecule has 2 aromatic carbocycles. The molecule has 1 aliphatic heterocycles. The highest BCUT2D eigenvalue weighted by Crippen LogP contribution is 2.23. The highest BCUT2D eigenvalue weighted by Gasteiger charge is 2.24. The number of amides is 1. The quantitative estimate of drug-likeness (QED) is 0.671. The number of piperidine rings is 1. The van der Waals surface area contributed by atoms with Crippen LogP contribution in [0.5, 0.6) is 5.75 Å². The van der Waals surface area contributed by atoms with Crippen LogP contribution in [-0.4, -0.2) is 52.6 Å². The van der Waals surface area contributed by atoms with Gasteiger partial charge in [0.05, 0.1) is 16.6 Å². The van der Waals surface area contributed by atoms with Gasteiger partial charge in [-0.2, -0.15) is 0 Å². The highest BCUT2D eigenvalue weighted by molar-refractivity contribution is 5.95. The Hall–Kier alpha value is -3.19. The van der Waals surface area contributed by atoms with E-state index in [2.05, 4.69) is 22.2 Å². The second-order valence-corrected chi connectivity index (χ2v) is 8.97. The van der Waals surface area contributed by atoms with Crippen molar-refractivity contribution < 1.29 is 9.53 Å². The second-order valence-electron chi connectivity index (χ2n) is 8.97. The number of carbonyl (C=O) groups excluding carboxylic acids is 1. The van der Waals surface area contributed by atoms with Gasteiger partial charge in [-0.25, -0.2) is 4.98 Å². The van der Waals surface area contributed by atoms with Crippen LogP contribution in [0.1, 0.15) is 41.6 Å². The Labute approximate surface area is 187 Å². The molecule has 3 aromatic rings. The number of likely N-dealkylation sites (tertiary alicyclic amines) is 1. The van der Waals surface area contributed by atoms with Crippen molar-refractivity contribution >= 4 is 16.8 Å². The molecule has 0 unspecified atom stereocenters. The highest BCUT2D eigenvalue weighted by atomic mass is 16.5. The van der Waals surface area contributed by atoms with Crippen molar-refractivity contribution in [2.24, 2.45) is 0 Å². The van der Waals surface area contributed by atoms with Gasteiger partial charge in [-0.15, -0.1) is 0 Å². The van der Waals surface area contributed by atoms with Gasteiger partial charge in [-0.3, -0.25) is 14.2 Å². The molecular formula is C25H28N4O3. The predicted molar refractivity (Wildman–Crippen MR) is 124 cm³/mol. The number of carbonyl (C=O) groups is 1. The number of nitrogens with one attached hydrogen (secondary N) is 1. The zero-order chi connectivity index (χ0) is 22.2. The first-order valence-electron chi connectivity index (χ1n) is 11.3. The number of nitrogens with zero attached hydrogens (tertiary/aromatic N) is 3. The largest absolute Gasteiger partial charge is 0.490 e. The first kappa shape index (κ1) is 20.7. The van der Waals surface area contributed by atoms with Gasteiger partial charge in [0.2, 0.25) is 0 Å². The van der Waals surface area contributed by atoms with Crippen molar-refractivity contribution in [1.29, 1.82) is 0 Å². The summed E-state index contributed by atoms with van der Waals surface area (Å²) in [5.41, 5.74) is 2.56. The normalized spacial score (nSPS) is 17.4. The molecule has 166 valence electrons. The number of ether oxygens (including phenoxy) is 1. The lowest BCUT2D eigenvalue weighted by atomic mass is 10.1. The lowest BCUT2D eigenvalue weighted by molar-refractivity contribution is 0.0951. The van der Waals surface area contributed by atoms with E-state index in [1.54, 1.807) is 18.2 Å². The molecular weight excluding hydrogens is 404 g/mol. The molecule has 0 bridgehead atoms. The van der Waals surface area contributed by atoms with Crippen LogP contribution in [-0.2, 0) is 0 Å². The van der Waals surface area contributed by atoms with Crippen LogP contribution in [0.15, 0.2) is 47.5 Å². The molecule has 2 aliphatic rings. The third-order valence-corrected chi connectivity index (χ3v) is 6.34. The third kappa shape index (κ3) is 4.25. The van der Waals surface area contributed by atoms with Crippen molar-refractivity contribution in [3.05, 3.63) is 64.2 Å². The van der Waals surface area contributed by atoms with Crippen LogP contribution < -0.4 is 15.6 Å². The molecule has 0 atom stereocenters. The molecule has 1 saturated heterocycles. The van der Waals surface area contributed by atoms with Crippen LogP contribution in [0.2, 0.25) is 0 Å². The SMILES string of the molecule is Cc1ccc(C(=O)NC2CC2)cc1-n1cnc2ccc(OC3CCN(C)CC3)cc2c1=O. The van der Waals surface area contributed by atoms with Crippen molar-refractivity contribution in [1.82, 2.24) is 19.8 Å². The first-order valence-corrected chi connectivity index (χ1v) is 11.3. The topological polar surface area (TPSA) is 76.5 Å². The number of aryl methyl sites for hydroxylation is 1. The number of hydrogen-bond acceptors (Lipinski definition) is 5. The summed E-state index contributed by atoms with van der Waals surface area (Å²) in [5, 5.41) is 3.50. The standard InChI is InChI=1S/C25H28N4O3/c1-16-3-4-17(24(30)27-18-5-6-18)13-23(16)29-15-26-22-8-7-20(14-21(22)25(29)31)32-19-9-11-28(2)12-10-19/h3-4,7-8,13-15,18-19H,5-6,9-12H2,1-2H3,(H,27,30). The summed E-state index contributed by atoms with van der Waals surface area (Å²) in [6.45, 7) is 3.95. The van der Waals surface area contributed by atoms with E-state index in [1.165, 1.54) is 10.9 Å². The van der Waals surface area contributed by atoms with Gasteiger partial charge in [-0.1, -0.05) is 6.07 Å². The van der Waals surface area contributed by atoms with E-state index in [0.717, 1.165) is 44.3 Å². The van der Waals surface area contributed by atoms with Gasteiger partial charge in [-0.05, 0) is 75.5 Å². The summed E-state index contributed by atoms with van der Waals surface area (Å²) >= 11 is 0. The first-order chi connectivity index (χ1) is 15.5. The van der Waals surface area contributed by atoms with Crippen LogP contribution in [0.4, 0.5) is 0 Å². The lowest BCUT2D eigenvalue weighted by Gasteiger charge is -2.29. The summed E-state index contributed by atoms with van der Waals surface area (Å²) in [6, 6.07) is 11.2. The summed E-state index contributed by atoms with van der Waals surface area (Å²) in [6.07, 6.45) is 5.70. The maximum absolute atomic E-state index is 13.4. The van der Waals surface area contributed by atoms with E-state index < -0.39 is 0 Å². The van der Waals surface area contributed by atoms with E-state index in [4.69, 9.17) is 4.74 Å². The summed E-state index contributed by atoms with van der Waals surface area (Å²) < 4.78 is 7.69. The molecule has 5 rings (SSSR count). The Balaban J connectivity index is 1.47. The average molecular weight is 433 g/mol. The molecule has 7 heteroatoms. The number of benzene rings is 2. The van der Waals surface area contributed by atoms with Crippen molar-refractivity contribution in [3.63, 3.8) is 0 Å². The maximum atomic E-state index is 13.4. The van der Waals surface area contributed by atoms with Crippen LogP contribution in [0.25, 0.3) is 16.6 Å². The Kier molecular flexibility index (Phi) is 5.43. The van der Waals surface area contributed by atoms with Gasteiger partial charge < -0.3 is 15.0 Å². The Morgan fingerprint density at radius 3 is 2.62 bits per heavy atom. The number of aromatic nitrogens is 2. The van der Waals surface area contributed by atoms with Crippen molar-refractivity contribution in [2.45, 2.75) is 44.8 Å². The molecule has 1 saturated carbocycles. The van der Waals surface area contributed by atoms with Crippen LogP contribution in [0, 0.1) is 6.92 Å². The van der Waals surface area contributed by atoms with Gasteiger partial charge in [0.15, 0.2) is 0 Å². The summed E-state index contributed by atoms with van der Waals surface area (Å²) in [5.74, 6) is 0.586. The summed E-state index contributed by atoms with van der Waals surface area (Å²) in [4.78, 5) is 32.7. The second kappa shape index (κ2) is 8.39. The number of rotatable bonds is 5. The van der Waals surface area contributed by atoms with E-state index in [0.29, 0.717) is 27.9 Å². The predicted octanol–water partition coefficient (Wildman–Crippen LogP) is 3.06. The van der Waals surface area contributed by atoms with Crippen molar-refractivity contribution in [2.75, 3.05) is 20.1 Å². The molecule has 1 N–H and O–H groups in total. The van der Waals surface area contributed by atoms with Crippen LogP contribution in [0.3, 0.4) is 0 Å². The zero-order valence-electron chi connectivity index (χ0n) is 18.5. The van der Waals surface area contributed by atoms with Gasteiger partial charge in [0, 0.05) is 24.7 Å². The van der Waals surface area contributed by atoms with Gasteiger partial charge in [0.1, 0.15) is 18.2 Å². The number of fused-ring (bicyclic) bond motifs is 1. The van der Waals surface area contributed by atoms with E-state index in [9.17, 15) is 9.59 Å². The summed E-state index contributed by atoms with van der Waals surface area (Å²) in [7, 11) is 2.12. The van der Waals surface area contributed by atoms with Crippen LogP contribution >= 0.6 is 0 Å². The fourth-order valence-corrected chi connectivity index (χ4v) is 4.15. The zero-order valence-corrected chi connectivity index (χ0v) is 18.5. The molecule has 1 aliphatic carbocycles. The third-order valence-electron chi connectivity index (χ3n) is 6.34. The van der Waals surface area contributed by atoms with E-state index >= 15 is 0 Å². The smallest absolute Gasteiger partial charge is 0.265 e. The minimum absolute atomic E-state index is 0.107. The van der Waals surface area contributed by atoms with Crippen molar-refractivity contribution in [3.8, 4) is 11.4 Å². The number of hydrogen-bond donors (Lipinski definition) is 1. The molecule has 0 spiro atoms. The molecule has 2 heterocycles. The maximum Gasteiger partial charge on any atom is 0.265 e. The minimum atomic E-state index is -0.174.